The predicted octanol–water partition coefficient (Wildman–Crippen LogP) is 5.18. The molecule has 3 heterocycles. The largest absolute Gasteiger partial charge is 0.390 e. The summed E-state index contributed by atoms with van der Waals surface area (Å²) in [4.78, 5) is 20.9. The summed E-state index contributed by atoms with van der Waals surface area (Å²) < 4.78 is 54.4. The van der Waals surface area contributed by atoms with Gasteiger partial charge in [-0.25, -0.2) is 4.39 Å². The van der Waals surface area contributed by atoms with Crippen molar-refractivity contribution in [2.75, 3.05) is 17.2 Å². The predicted molar refractivity (Wildman–Crippen MR) is 132 cm³/mol. The van der Waals surface area contributed by atoms with Gasteiger partial charge < -0.3 is 15.4 Å². The average molecular weight is 513 g/mol. The molecule has 4 aromatic rings. The van der Waals surface area contributed by atoms with Gasteiger partial charge in [0.25, 0.3) is 5.95 Å². The van der Waals surface area contributed by atoms with Crippen molar-refractivity contribution in [3.05, 3.63) is 71.2 Å². The minimum atomic E-state index is -4.34. The van der Waals surface area contributed by atoms with Gasteiger partial charge in [0, 0.05) is 29.3 Å². The quantitative estimate of drug-likeness (QED) is 0.262. The molecular weight excluding hydrogens is 488 g/mol. The maximum absolute atomic E-state index is 14.4. The molecule has 0 radical (unpaired) electrons. The van der Waals surface area contributed by atoms with Gasteiger partial charge in [-0.15, -0.1) is 0 Å². The van der Waals surface area contributed by atoms with E-state index >= 15 is 0 Å². The average Bonchev–Trinajstić information content (AvgIpc) is 3.34. The van der Waals surface area contributed by atoms with Crippen molar-refractivity contribution in [1.29, 1.82) is 0 Å². The fraction of sp³-hybridized carbons (Fsp3) is 0.308. The van der Waals surface area contributed by atoms with E-state index in [9.17, 15) is 22.4 Å². The molecule has 1 atom stereocenters. The SMILES string of the molecule is CC1(C)c2c(NCCC(F)(F)F)nc(-n3nc(Cc4ccccc4F)c4ccccc43)nc2NC1C=O. The lowest BCUT2D eigenvalue weighted by Gasteiger charge is -2.24. The first-order valence-electron chi connectivity index (χ1n) is 11.7. The molecule has 0 aliphatic carbocycles. The molecule has 2 aromatic carbocycles. The molecule has 1 unspecified atom stereocenters. The highest BCUT2D eigenvalue weighted by atomic mass is 19.4. The van der Waals surface area contributed by atoms with Crippen LogP contribution in [0.1, 0.15) is 37.1 Å². The van der Waals surface area contributed by atoms with E-state index in [0.717, 1.165) is 11.7 Å². The number of alkyl halides is 3. The van der Waals surface area contributed by atoms with Gasteiger partial charge in [-0.2, -0.15) is 32.9 Å². The second-order valence-corrected chi connectivity index (χ2v) is 9.51. The van der Waals surface area contributed by atoms with Crippen molar-refractivity contribution >= 4 is 28.8 Å². The molecule has 192 valence electrons. The fourth-order valence-electron chi connectivity index (χ4n) is 4.63. The number of nitrogens with one attached hydrogen (secondary N) is 2. The first kappa shape index (κ1) is 24.7. The van der Waals surface area contributed by atoms with E-state index in [2.05, 4.69) is 25.7 Å². The smallest absolute Gasteiger partial charge is 0.369 e. The van der Waals surface area contributed by atoms with E-state index < -0.39 is 30.6 Å². The van der Waals surface area contributed by atoms with Crippen LogP contribution in [-0.4, -0.2) is 44.8 Å². The summed E-state index contributed by atoms with van der Waals surface area (Å²) in [5, 5.41) is 11.3. The number of aromatic nitrogens is 4. The Morgan fingerprint density at radius 3 is 2.57 bits per heavy atom. The molecule has 0 spiro atoms. The molecule has 0 fully saturated rings. The summed E-state index contributed by atoms with van der Waals surface area (Å²) in [6.07, 6.45) is -4.43. The lowest BCUT2D eigenvalue weighted by atomic mass is 9.82. The molecule has 0 saturated heterocycles. The highest BCUT2D eigenvalue weighted by Crippen LogP contribution is 2.43. The minimum Gasteiger partial charge on any atom is -0.369 e. The Kier molecular flexibility index (Phi) is 6.09. The molecule has 0 bridgehead atoms. The van der Waals surface area contributed by atoms with Crippen molar-refractivity contribution in [3.63, 3.8) is 0 Å². The number of carbonyl (C=O) groups is 1. The van der Waals surface area contributed by atoms with Crippen molar-refractivity contribution in [1.82, 2.24) is 19.7 Å². The Balaban J connectivity index is 1.62. The van der Waals surface area contributed by atoms with Crippen LogP contribution < -0.4 is 10.6 Å². The number of hydrogen-bond donors (Lipinski definition) is 2. The van der Waals surface area contributed by atoms with Crippen LogP contribution in [0.5, 0.6) is 0 Å². The van der Waals surface area contributed by atoms with Gasteiger partial charge in [0.15, 0.2) is 0 Å². The zero-order valence-corrected chi connectivity index (χ0v) is 20.1. The normalized spacial score (nSPS) is 16.4. The zero-order valence-electron chi connectivity index (χ0n) is 20.1. The van der Waals surface area contributed by atoms with Gasteiger partial charge in [0.05, 0.1) is 23.7 Å². The number of carbonyl (C=O) groups excluding carboxylic acids is 1. The van der Waals surface area contributed by atoms with Gasteiger partial charge in [-0.05, 0) is 17.7 Å². The van der Waals surface area contributed by atoms with E-state index in [-0.39, 0.29) is 24.0 Å². The van der Waals surface area contributed by atoms with Crippen molar-refractivity contribution < 1.29 is 22.4 Å². The summed E-state index contributed by atoms with van der Waals surface area (Å²) in [6, 6.07) is 13.1. The molecule has 2 N–H and O–H groups in total. The van der Waals surface area contributed by atoms with Crippen LogP contribution in [0.25, 0.3) is 16.9 Å². The third kappa shape index (κ3) is 4.61. The third-order valence-corrected chi connectivity index (χ3v) is 6.62. The molecule has 1 aliphatic heterocycles. The molecular formula is C26H24F4N6O. The summed E-state index contributed by atoms with van der Waals surface area (Å²) in [6.45, 7) is 3.21. The van der Waals surface area contributed by atoms with Crippen LogP contribution in [0.3, 0.4) is 0 Å². The lowest BCUT2D eigenvalue weighted by Crippen LogP contribution is -2.35. The zero-order chi connectivity index (χ0) is 26.4. The first-order chi connectivity index (χ1) is 17.6. The van der Waals surface area contributed by atoms with Crippen LogP contribution in [0.2, 0.25) is 0 Å². The molecule has 2 aromatic heterocycles. The van der Waals surface area contributed by atoms with E-state index in [1.54, 1.807) is 32.0 Å². The summed E-state index contributed by atoms with van der Waals surface area (Å²) in [5.41, 5.74) is 1.48. The van der Waals surface area contributed by atoms with Crippen LogP contribution >= 0.6 is 0 Å². The van der Waals surface area contributed by atoms with Crippen LogP contribution in [0.4, 0.5) is 29.2 Å². The highest BCUT2D eigenvalue weighted by molar-refractivity contribution is 5.84. The Morgan fingerprint density at radius 1 is 1.11 bits per heavy atom. The lowest BCUT2D eigenvalue weighted by molar-refractivity contribution is -0.131. The van der Waals surface area contributed by atoms with Gasteiger partial charge in [0.1, 0.15) is 23.7 Å². The van der Waals surface area contributed by atoms with Crippen LogP contribution in [-0.2, 0) is 16.6 Å². The van der Waals surface area contributed by atoms with Gasteiger partial charge in [-0.1, -0.05) is 50.2 Å². The third-order valence-electron chi connectivity index (χ3n) is 6.62. The molecule has 0 saturated carbocycles. The number of fused-ring (bicyclic) bond motifs is 2. The number of aldehydes is 1. The second kappa shape index (κ2) is 9.13. The van der Waals surface area contributed by atoms with E-state index in [0.29, 0.717) is 28.2 Å². The van der Waals surface area contributed by atoms with E-state index in [4.69, 9.17) is 0 Å². The monoisotopic (exact) mass is 512 g/mol. The Labute approximate surface area is 209 Å². The van der Waals surface area contributed by atoms with E-state index in [1.165, 1.54) is 10.7 Å². The summed E-state index contributed by atoms with van der Waals surface area (Å²) in [7, 11) is 0. The molecule has 11 heteroatoms. The van der Waals surface area contributed by atoms with Crippen molar-refractivity contribution in [2.45, 2.75) is 44.3 Å². The van der Waals surface area contributed by atoms with Gasteiger partial charge in [0.2, 0.25) is 0 Å². The van der Waals surface area contributed by atoms with Crippen LogP contribution in [0, 0.1) is 5.82 Å². The number of rotatable bonds is 7. The van der Waals surface area contributed by atoms with Gasteiger partial charge >= 0.3 is 6.18 Å². The number of nitrogens with zero attached hydrogens (tertiary/aromatic N) is 4. The minimum absolute atomic E-state index is 0.110. The molecule has 7 nitrogen and oxygen atoms in total. The molecule has 0 amide bonds. The summed E-state index contributed by atoms with van der Waals surface area (Å²) in [5.74, 6) is 0.301. The molecule has 37 heavy (non-hydrogen) atoms. The Hall–Kier alpha value is -4.02. The molecule has 1 aliphatic rings. The standard InChI is InChI=1S/C26H24F4N6O/c1-25(2)20(14-37)32-23-21(25)22(31-12-11-26(28,29)30)33-24(34-23)36-19-10-6-4-8-16(19)18(35-36)13-15-7-3-5-9-17(15)27/h3-10,14,20H,11-13H2,1-2H3,(H2,31,32,33,34). The van der Waals surface area contributed by atoms with Crippen LogP contribution in [0.15, 0.2) is 48.5 Å². The maximum Gasteiger partial charge on any atom is 0.390 e. The number of anilines is 2. The summed E-state index contributed by atoms with van der Waals surface area (Å²) >= 11 is 0. The van der Waals surface area contributed by atoms with Gasteiger partial charge in [-0.3, -0.25) is 0 Å². The Bertz CT molecular complexity index is 1480. The highest BCUT2D eigenvalue weighted by Gasteiger charge is 2.43. The number of benzene rings is 2. The maximum atomic E-state index is 14.4. The second-order valence-electron chi connectivity index (χ2n) is 9.51. The number of hydrogen-bond acceptors (Lipinski definition) is 6. The van der Waals surface area contributed by atoms with Crippen molar-refractivity contribution in [2.24, 2.45) is 0 Å². The Morgan fingerprint density at radius 2 is 1.84 bits per heavy atom. The first-order valence-corrected chi connectivity index (χ1v) is 11.7. The van der Waals surface area contributed by atoms with E-state index in [1.807, 2.05) is 24.3 Å². The number of halogens is 4. The molecule has 5 rings (SSSR count). The topological polar surface area (TPSA) is 84.7 Å². The fourth-order valence-corrected chi connectivity index (χ4v) is 4.63. The number of para-hydroxylation sites is 1. The van der Waals surface area contributed by atoms with Crippen molar-refractivity contribution in [3.8, 4) is 5.95 Å².